The van der Waals surface area contributed by atoms with Gasteiger partial charge in [-0.2, -0.15) is 0 Å². The van der Waals surface area contributed by atoms with Crippen molar-refractivity contribution >= 4 is 11.6 Å². The lowest BCUT2D eigenvalue weighted by atomic mass is 9.96. The molecule has 2 atom stereocenters. The maximum atomic E-state index is 13.3. The standard InChI is InChI=1S/C10H20ClFO/c1-8(2)5-4-6-9(3)10(11,12)7-13/h8-9,13H,4-7H2,1-3H3/t9-,10+/m0/s1. The number of alkyl halides is 2. The predicted molar refractivity (Wildman–Crippen MR) is 54.6 cm³/mol. The van der Waals surface area contributed by atoms with Gasteiger partial charge in [-0.1, -0.05) is 45.2 Å². The van der Waals surface area contributed by atoms with Gasteiger partial charge in [-0.15, -0.1) is 0 Å². The van der Waals surface area contributed by atoms with E-state index in [9.17, 15) is 4.39 Å². The molecule has 0 aromatic rings. The largest absolute Gasteiger partial charge is 0.392 e. The van der Waals surface area contributed by atoms with Crippen molar-refractivity contribution in [3.63, 3.8) is 0 Å². The van der Waals surface area contributed by atoms with Crippen molar-refractivity contribution in [2.45, 2.75) is 45.2 Å². The van der Waals surface area contributed by atoms with Crippen molar-refractivity contribution in [2.24, 2.45) is 11.8 Å². The van der Waals surface area contributed by atoms with Crippen molar-refractivity contribution in [1.29, 1.82) is 0 Å². The van der Waals surface area contributed by atoms with E-state index < -0.39 is 11.7 Å². The highest BCUT2D eigenvalue weighted by Crippen LogP contribution is 2.30. The van der Waals surface area contributed by atoms with E-state index in [1.54, 1.807) is 6.92 Å². The Morgan fingerprint density at radius 1 is 1.31 bits per heavy atom. The fourth-order valence-electron chi connectivity index (χ4n) is 1.20. The summed E-state index contributed by atoms with van der Waals surface area (Å²) in [5.74, 6) is 0.364. The number of hydrogen-bond acceptors (Lipinski definition) is 1. The van der Waals surface area contributed by atoms with E-state index in [-0.39, 0.29) is 5.92 Å². The number of aliphatic hydroxyl groups is 1. The van der Waals surface area contributed by atoms with Crippen LogP contribution in [-0.4, -0.2) is 16.8 Å². The predicted octanol–water partition coefficient (Wildman–Crippen LogP) is 3.35. The van der Waals surface area contributed by atoms with E-state index >= 15 is 0 Å². The Kier molecular flexibility index (Phi) is 5.90. The van der Waals surface area contributed by atoms with Crippen LogP contribution >= 0.6 is 11.6 Å². The smallest absolute Gasteiger partial charge is 0.208 e. The molecule has 0 saturated heterocycles. The van der Waals surface area contributed by atoms with Crippen LogP contribution in [0.4, 0.5) is 4.39 Å². The average Bonchev–Trinajstić information content (AvgIpc) is 2.03. The molecule has 0 aliphatic rings. The van der Waals surface area contributed by atoms with Crippen LogP contribution in [0.3, 0.4) is 0 Å². The van der Waals surface area contributed by atoms with Crippen LogP contribution in [0, 0.1) is 11.8 Å². The molecule has 0 rings (SSSR count). The quantitative estimate of drug-likeness (QED) is 0.667. The minimum Gasteiger partial charge on any atom is -0.392 e. The SMILES string of the molecule is CC(C)CCC[C@H](C)[C@@](F)(Cl)CO. The average molecular weight is 211 g/mol. The van der Waals surface area contributed by atoms with Gasteiger partial charge in [-0.05, 0) is 12.3 Å². The molecule has 3 heteroatoms. The topological polar surface area (TPSA) is 20.2 Å². The molecule has 0 spiro atoms. The third-order valence-corrected chi connectivity index (χ3v) is 2.84. The minimum atomic E-state index is -1.93. The summed E-state index contributed by atoms with van der Waals surface area (Å²) in [5.41, 5.74) is 0. The zero-order valence-corrected chi connectivity index (χ0v) is 9.44. The normalized spacial score (nSPS) is 18.7. The number of halogens is 2. The molecule has 0 saturated carbocycles. The van der Waals surface area contributed by atoms with Gasteiger partial charge < -0.3 is 5.11 Å². The highest BCUT2D eigenvalue weighted by atomic mass is 35.5. The molecule has 1 nitrogen and oxygen atoms in total. The van der Waals surface area contributed by atoms with Crippen LogP contribution in [-0.2, 0) is 0 Å². The number of hydrogen-bond donors (Lipinski definition) is 1. The molecule has 0 aliphatic carbocycles. The second-order valence-electron chi connectivity index (χ2n) is 4.14. The van der Waals surface area contributed by atoms with Crippen molar-refractivity contribution in [3.05, 3.63) is 0 Å². The van der Waals surface area contributed by atoms with Gasteiger partial charge in [0.1, 0.15) is 0 Å². The Morgan fingerprint density at radius 3 is 2.23 bits per heavy atom. The Hall–Kier alpha value is 0.180. The van der Waals surface area contributed by atoms with Gasteiger partial charge >= 0.3 is 0 Å². The van der Waals surface area contributed by atoms with Crippen molar-refractivity contribution in [1.82, 2.24) is 0 Å². The van der Waals surface area contributed by atoms with Gasteiger partial charge in [-0.3, -0.25) is 0 Å². The van der Waals surface area contributed by atoms with Gasteiger partial charge in [0, 0.05) is 5.92 Å². The molecule has 0 radical (unpaired) electrons. The summed E-state index contributed by atoms with van der Waals surface area (Å²) in [6, 6.07) is 0. The van der Waals surface area contributed by atoms with Gasteiger partial charge in [0.25, 0.3) is 0 Å². The lowest BCUT2D eigenvalue weighted by Gasteiger charge is -2.23. The first kappa shape index (κ1) is 13.2. The maximum absolute atomic E-state index is 13.3. The summed E-state index contributed by atoms with van der Waals surface area (Å²) in [5, 5.41) is 6.73. The molecular formula is C10H20ClFO. The summed E-state index contributed by atoms with van der Waals surface area (Å²) in [6.45, 7) is 5.42. The van der Waals surface area contributed by atoms with Crippen LogP contribution in [0.2, 0.25) is 0 Å². The zero-order valence-electron chi connectivity index (χ0n) is 8.69. The third kappa shape index (κ3) is 5.48. The maximum Gasteiger partial charge on any atom is 0.208 e. The van der Waals surface area contributed by atoms with E-state index in [1.165, 1.54) is 0 Å². The number of aliphatic hydroxyl groups excluding tert-OH is 1. The van der Waals surface area contributed by atoms with Crippen molar-refractivity contribution < 1.29 is 9.50 Å². The Balaban J connectivity index is 3.68. The van der Waals surface area contributed by atoms with Crippen LogP contribution in [0.5, 0.6) is 0 Å². The second-order valence-corrected chi connectivity index (χ2v) is 4.77. The third-order valence-electron chi connectivity index (χ3n) is 2.35. The summed E-state index contributed by atoms with van der Waals surface area (Å²) < 4.78 is 13.3. The molecule has 0 heterocycles. The number of rotatable bonds is 6. The van der Waals surface area contributed by atoms with E-state index in [0.29, 0.717) is 5.92 Å². The molecule has 0 aliphatic heterocycles. The first-order valence-electron chi connectivity index (χ1n) is 4.88. The molecule has 0 unspecified atom stereocenters. The van der Waals surface area contributed by atoms with E-state index in [0.717, 1.165) is 19.3 Å². The molecule has 0 bridgehead atoms. The molecule has 0 amide bonds. The Bertz CT molecular complexity index is 137. The van der Waals surface area contributed by atoms with Gasteiger partial charge in [-0.25, -0.2) is 4.39 Å². The van der Waals surface area contributed by atoms with E-state index in [2.05, 4.69) is 13.8 Å². The van der Waals surface area contributed by atoms with Crippen molar-refractivity contribution in [2.75, 3.05) is 6.61 Å². The molecule has 0 fully saturated rings. The van der Waals surface area contributed by atoms with E-state index in [4.69, 9.17) is 16.7 Å². The lowest BCUT2D eigenvalue weighted by molar-refractivity contribution is 0.0905. The fourth-order valence-corrected chi connectivity index (χ4v) is 1.31. The molecule has 13 heavy (non-hydrogen) atoms. The van der Waals surface area contributed by atoms with Crippen LogP contribution < -0.4 is 0 Å². The zero-order chi connectivity index (χ0) is 10.5. The van der Waals surface area contributed by atoms with Gasteiger partial charge in [0.2, 0.25) is 5.13 Å². The van der Waals surface area contributed by atoms with Crippen LogP contribution in [0.15, 0.2) is 0 Å². The van der Waals surface area contributed by atoms with Crippen molar-refractivity contribution in [3.8, 4) is 0 Å². The summed E-state index contributed by atoms with van der Waals surface area (Å²) in [4.78, 5) is 0. The molecular weight excluding hydrogens is 191 g/mol. The van der Waals surface area contributed by atoms with Gasteiger partial charge in [0.05, 0.1) is 6.61 Å². The summed E-state index contributed by atoms with van der Waals surface area (Å²) >= 11 is 5.47. The highest BCUT2D eigenvalue weighted by Gasteiger charge is 2.32. The molecule has 1 N–H and O–H groups in total. The highest BCUT2D eigenvalue weighted by molar-refractivity contribution is 6.23. The monoisotopic (exact) mass is 210 g/mol. The minimum absolute atomic E-state index is 0.280. The molecule has 0 aromatic carbocycles. The lowest BCUT2D eigenvalue weighted by Crippen LogP contribution is -2.28. The fraction of sp³-hybridized carbons (Fsp3) is 1.00. The van der Waals surface area contributed by atoms with Crippen LogP contribution in [0.1, 0.15) is 40.0 Å². The first-order chi connectivity index (χ1) is 5.90. The first-order valence-corrected chi connectivity index (χ1v) is 5.26. The summed E-state index contributed by atoms with van der Waals surface area (Å²) in [7, 11) is 0. The van der Waals surface area contributed by atoms with Gasteiger partial charge in [0.15, 0.2) is 0 Å². The second kappa shape index (κ2) is 5.82. The van der Waals surface area contributed by atoms with Crippen LogP contribution in [0.25, 0.3) is 0 Å². The molecule has 80 valence electrons. The Morgan fingerprint density at radius 2 is 1.85 bits per heavy atom. The molecule has 0 aromatic heterocycles. The summed E-state index contributed by atoms with van der Waals surface area (Å²) in [6.07, 6.45) is 2.79. The Labute approximate surface area is 85.3 Å². The van der Waals surface area contributed by atoms with E-state index in [1.807, 2.05) is 0 Å².